The Labute approximate surface area is 200 Å². The third-order valence-electron chi connectivity index (χ3n) is 5.47. The van der Waals surface area contributed by atoms with Gasteiger partial charge in [0.15, 0.2) is 0 Å². The largest absolute Gasteiger partial charge is 0.450 e. The molecule has 0 atom stereocenters. The first kappa shape index (κ1) is 23.6. The second-order valence-electron chi connectivity index (χ2n) is 7.77. The molecule has 0 spiro atoms. The van der Waals surface area contributed by atoms with Crippen molar-refractivity contribution in [3.63, 3.8) is 0 Å². The zero-order valence-electron chi connectivity index (χ0n) is 19.1. The van der Waals surface area contributed by atoms with Crippen LogP contribution in [0.3, 0.4) is 0 Å². The van der Waals surface area contributed by atoms with Gasteiger partial charge in [-0.05, 0) is 55.0 Å². The quantitative estimate of drug-likeness (QED) is 0.519. The summed E-state index contributed by atoms with van der Waals surface area (Å²) in [6.07, 6.45) is -0.757. The molecule has 4 amide bonds. The minimum Gasteiger partial charge on any atom is -0.450 e. The second kappa shape index (κ2) is 9.76. The molecule has 0 radical (unpaired) electrons. The van der Waals surface area contributed by atoms with Crippen LogP contribution in [-0.4, -0.2) is 30.4 Å². The van der Waals surface area contributed by atoms with Crippen molar-refractivity contribution in [3.05, 3.63) is 89.2 Å². The van der Waals surface area contributed by atoms with Crippen molar-refractivity contribution in [2.45, 2.75) is 20.4 Å². The van der Waals surface area contributed by atoms with Gasteiger partial charge < -0.3 is 9.64 Å². The summed E-state index contributed by atoms with van der Waals surface area (Å²) in [5, 5.41) is 2.56. The number of imide groups is 1. The van der Waals surface area contributed by atoms with Crippen LogP contribution in [0.1, 0.15) is 40.1 Å². The van der Waals surface area contributed by atoms with Gasteiger partial charge in [0, 0.05) is 12.6 Å². The summed E-state index contributed by atoms with van der Waals surface area (Å²) >= 11 is 0. The van der Waals surface area contributed by atoms with E-state index in [-0.39, 0.29) is 41.6 Å². The lowest BCUT2D eigenvalue weighted by atomic mass is 10.1. The molecule has 0 unspecified atom stereocenters. The van der Waals surface area contributed by atoms with E-state index in [9.17, 15) is 23.6 Å². The van der Waals surface area contributed by atoms with Crippen molar-refractivity contribution in [1.29, 1.82) is 0 Å². The Morgan fingerprint density at radius 3 is 2.17 bits per heavy atom. The molecular formula is C26H22FN3O5. The van der Waals surface area contributed by atoms with E-state index in [4.69, 9.17) is 4.74 Å². The van der Waals surface area contributed by atoms with Crippen molar-refractivity contribution >= 4 is 40.9 Å². The molecule has 3 aromatic carbocycles. The fourth-order valence-electron chi connectivity index (χ4n) is 3.82. The van der Waals surface area contributed by atoms with E-state index >= 15 is 0 Å². The van der Waals surface area contributed by atoms with Crippen LogP contribution in [0.4, 0.5) is 26.2 Å². The second-order valence-corrected chi connectivity index (χ2v) is 7.77. The maximum atomic E-state index is 13.3. The number of benzene rings is 3. The SMILES string of the molecule is CCOC(=O)Nc1ccc(N(Cc2ccc(F)cc2)C(C)=O)cc1N1C(=O)c2ccccc2C1=O. The fourth-order valence-corrected chi connectivity index (χ4v) is 3.82. The Morgan fingerprint density at radius 1 is 0.971 bits per heavy atom. The summed E-state index contributed by atoms with van der Waals surface area (Å²) in [6, 6.07) is 16.7. The zero-order chi connectivity index (χ0) is 25.1. The number of fused-ring (bicyclic) bond motifs is 1. The molecule has 0 bridgehead atoms. The van der Waals surface area contributed by atoms with Crippen molar-refractivity contribution in [2.24, 2.45) is 0 Å². The summed E-state index contributed by atoms with van der Waals surface area (Å²) in [6.45, 7) is 3.27. The maximum absolute atomic E-state index is 13.3. The van der Waals surface area contributed by atoms with E-state index < -0.39 is 23.7 Å². The van der Waals surface area contributed by atoms with Crippen molar-refractivity contribution in [2.75, 3.05) is 21.7 Å². The van der Waals surface area contributed by atoms with Gasteiger partial charge >= 0.3 is 6.09 Å². The molecule has 1 aliphatic rings. The Balaban J connectivity index is 1.78. The van der Waals surface area contributed by atoms with Crippen LogP contribution in [0.5, 0.6) is 0 Å². The molecule has 1 aliphatic heterocycles. The predicted octanol–water partition coefficient (Wildman–Crippen LogP) is 4.75. The minimum atomic E-state index is -0.757. The number of anilines is 3. The van der Waals surface area contributed by atoms with E-state index in [1.54, 1.807) is 49.4 Å². The van der Waals surface area contributed by atoms with Gasteiger partial charge in [-0.25, -0.2) is 14.1 Å². The lowest BCUT2D eigenvalue weighted by Gasteiger charge is -2.25. The van der Waals surface area contributed by atoms with Crippen LogP contribution in [0.25, 0.3) is 0 Å². The van der Waals surface area contributed by atoms with Gasteiger partial charge in [0.1, 0.15) is 5.82 Å². The van der Waals surface area contributed by atoms with Gasteiger partial charge in [0.05, 0.1) is 35.7 Å². The third-order valence-corrected chi connectivity index (χ3v) is 5.47. The first-order valence-electron chi connectivity index (χ1n) is 10.9. The Hall–Kier alpha value is -4.53. The molecule has 0 aromatic heterocycles. The maximum Gasteiger partial charge on any atom is 0.411 e. The molecular weight excluding hydrogens is 453 g/mol. The minimum absolute atomic E-state index is 0.0899. The highest BCUT2D eigenvalue weighted by Crippen LogP contribution is 2.37. The first-order valence-corrected chi connectivity index (χ1v) is 10.9. The molecule has 1 N–H and O–H groups in total. The number of carbonyl (C=O) groups excluding carboxylic acids is 4. The molecule has 35 heavy (non-hydrogen) atoms. The van der Waals surface area contributed by atoms with Gasteiger partial charge in [-0.3, -0.25) is 19.7 Å². The number of amides is 4. The van der Waals surface area contributed by atoms with Crippen molar-refractivity contribution < 1.29 is 28.3 Å². The molecule has 178 valence electrons. The molecule has 0 saturated carbocycles. The van der Waals surface area contributed by atoms with E-state index in [2.05, 4.69) is 5.32 Å². The molecule has 0 fully saturated rings. The summed E-state index contributed by atoms with van der Waals surface area (Å²) in [5.41, 5.74) is 1.78. The normalized spacial score (nSPS) is 12.4. The summed E-state index contributed by atoms with van der Waals surface area (Å²) in [5.74, 6) is -1.82. The van der Waals surface area contributed by atoms with E-state index in [1.807, 2.05) is 0 Å². The number of rotatable bonds is 6. The molecule has 3 aromatic rings. The highest BCUT2D eigenvalue weighted by atomic mass is 19.1. The van der Waals surface area contributed by atoms with Crippen molar-refractivity contribution in [3.8, 4) is 0 Å². The van der Waals surface area contributed by atoms with Crippen LogP contribution in [0, 0.1) is 5.82 Å². The van der Waals surface area contributed by atoms with Gasteiger partial charge in [-0.1, -0.05) is 24.3 Å². The lowest BCUT2D eigenvalue weighted by Crippen LogP contribution is -2.32. The number of hydrogen-bond donors (Lipinski definition) is 1. The number of ether oxygens (including phenoxy) is 1. The predicted molar refractivity (Wildman–Crippen MR) is 128 cm³/mol. The monoisotopic (exact) mass is 475 g/mol. The smallest absolute Gasteiger partial charge is 0.411 e. The van der Waals surface area contributed by atoms with Crippen LogP contribution >= 0.6 is 0 Å². The number of carbonyl (C=O) groups is 4. The summed E-state index contributed by atoms with van der Waals surface area (Å²) < 4.78 is 18.3. The van der Waals surface area contributed by atoms with E-state index in [0.29, 0.717) is 11.3 Å². The van der Waals surface area contributed by atoms with E-state index in [1.165, 1.54) is 36.1 Å². The number of hydrogen-bond acceptors (Lipinski definition) is 5. The Kier molecular flexibility index (Phi) is 6.59. The Bertz CT molecular complexity index is 1290. The lowest BCUT2D eigenvalue weighted by molar-refractivity contribution is -0.116. The van der Waals surface area contributed by atoms with E-state index in [0.717, 1.165) is 4.90 Å². The standard InChI is InChI=1S/C26H22FN3O5/c1-3-35-26(34)28-22-13-12-19(29(16(2)31)15-17-8-10-18(27)11-9-17)14-23(22)30-24(32)20-6-4-5-7-21(20)25(30)33/h4-14H,3,15H2,1-2H3,(H,28,34). The number of nitrogens with zero attached hydrogens (tertiary/aromatic N) is 2. The molecule has 1 heterocycles. The molecule has 9 heteroatoms. The van der Waals surface area contributed by atoms with Crippen molar-refractivity contribution in [1.82, 2.24) is 0 Å². The highest BCUT2D eigenvalue weighted by Gasteiger charge is 2.38. The molecule has 8 nitrogen and oxygen atoms in total. The van der Waals surface area contributed by atoms with Gasteiger partial charge in [-0.2, -0.15) is 0 Å². The number of nitrogens with one attached hydrogen (secondary N) is 1. The fraction of sp³-hybridized carbons (Fsp3) is 0.154. The van der Waals surface area contributed by atoms with Gasteiger partial charge in [0.2, 0.25) is 5.91 Å². The van der Waals surface area contributed by atoms with Gasteiger partial charge in [-0.15, -0.1) is 0 Å². The third kappa shape index (κ3) is 4.74. The molecule has 0 saturated heterocycles. The van der Waals surface area contributed by atoms with Crippen LogP contribution in [0.2, 0.25) is 0 Å². The molecule has 4 rings (SSSR count). The van der Waals surface area contributed by atoms with Crippen LogP contribution in [-0.2, 0) is 16.1 Å². The zero-order valence-corrected chi connectivity index (χ0v) is 19.1. The average Bonchev–Trinajstić information content (AvgIpc) is 3.09. The number of halogens is 1. The first-order chi connectivity index (χ1) is 16.8. The average molecular weight is 475 g/mol. The van der Waals surface area contributed by atoms with Gasteiger partial charge in [0.25, 0.3) is 11.8 Å². The molecule has 0 aliphatic carbocycles. The summed E-state index contributed by atoms with van der Waals surface area (Å²) in [4.78, 5) is 53.4. The van der Waals surface area contributed by atoms with Crippen LogP contribution < -0.4 is 15.1 Å². The Morgan fingerprint density at radius 2 is 1.60 bits per heavy atom. The topological polar surface area (TPSA) is 96.0 Å². The summed E-state index contributed by atoms with van der Waals surface area (Å²) in [7, 11) is 0. The highest BCUT2D eigenvalue weighted by molar-refractivity contribution is 6.35. The van der Waals surface area contributed by atoms with Crippen LogP contribution in [0.15, 0.2) is 66.7 Å².